The molecule has 2 aliphatic rings. The summed E-state index contributed by atoms with van der Waals surface area (Å²) >= 11 is 0. The second-order valence-electron chi connectivity index (χ2n) is 6.57. The van der Waals surface area contributed by atoms with Crippen molar-refractivity contribution in [3.05, 3.63) is 35.4 Å². The average molecular weight is 257 g/mol. The molecule has 0 radical (unpaired) electrons. The Balaban J connectivity index is 1.66. The Morgan fingerprint density at radius 1 is 1.26 bits per heavy atom. The summed E-state index contributed by atoms with van der Waals surface area (Å²) in [6, 6.07) is 9.75. The SMILES string of the molecule is CCNC(CC1Cc2ccccc21)C1CCCC1C. The monoisotopic (exact) mass is 257 g/mol. The molecule has 0 amide bonds. The van der Waals surface area contributed by atoms with Gasteiger partial charge in [0.05, 0.1) is 0 Å². The van der Waals surface area contributed by atoms with Crippen LogP contribution in [0.15, 0.2) is 24.3 Å². The maximum Gasteiger partial charge on any atom is 0.0104 e. The largest absolute Gasteiger partial charge is 0.314 e. The molecule has 1 aromatic carbocycles. The van der Waals surface area contributed by atoms with Gasteiger partial charge in [0, 0.05) is 6.04 Å². The predicted molar refractivity (Wildman–Crippen MR) is 81.5 cm³/mol. The maximum absolute atomic E-state index is 3.78. The van der Waals surface area contributed by atoms with Crippen LogP contribution in [0.3, 0.4) is 0 Å². The van der Waals surface area contributed by atoms with E-state index in [4.69, 9.17) is 0 Å². The van der Waals surface area contributed by atoms with Gasteiger partial charge in [0.1, 0.15) is 0 Å². The summed E-state index contributed by atoms with van der Waals surface area (Å²) in [5.41, 5.74) is 3.21. The Bertz CT molecular complexity index is 425. The van der Waals surface area contributed by atoms with Crippen LogP contribution in [0.25, 0.3) is 0 Å². The fourth-order valence-corrected chi connectivity index (χ4v) is 4.32. The topological polar surface area (TPSA) is 12.0 Å². The first-order valence-electron chi connectivity index (χ1n) is 8.10. The van der Waals surface area contributed by atoms with Gasteiger partial charge in [0.25, 0.3) is 0 Å². The molecule has 2 aliphatic carbocycles. The van der Waals surface area contributed by atoms with E-state index in [-0.39, 0.29) is 0 Å². The Morgan fingerprint density at radius 3 is 2.79 bits per heavy atom. The van der Waals surface area contributed by atoms with Crippen LogP contribution in [-0.4, -0.2) is 12.6 Å². The van der Waals surface area contributed by atoms with Crippen LogP contribution >= 0.6 is 0 Å². The van der Waals surface area contributed by atoms with Gasteiger partial charge in [-0.1, -0.05) is 51.0 Å². The van der Waals surface area contributed by atoms with Crippen LogP contribution in [0.2, 0.25) is 0 Å². The summed E-state index contributed by atoms with van der Waals surface area (Å²) < 4.78 is 0. The van der Waals surface area contributed by atoms with E-state index in [1.807, 2.05) is 0 Å². The zero-order chi connectivity index (χ0) is 13.2. The van der Waals surface area contributed by atoms with E-state index < -0.39 is 0 Å². The quantitative estimate of drug-likeness (QED) is 0.836. The van der Waals surface area contributed by atoms with Gasteiger partial charge in [-0.3, -0.25) is 0 Å². The molecule has 1 N–H and O–H groups in total. The number of hydrogen-bond acceptors (Lipinski definition) is 1. The third kappa shape index (κ3) is 2.58. The minimum absolute atomic E-state index is 0.737. The minimum Gasteiger partial charge on any atom is -0.314 e. The highest BCUT2D eigenvalue weighted by Gasteiger charge is 2.34. The smallest absolute Gasteiger partial charge is 0.0104 e. The van der Waals surface area contributed by atoms with Crippen LogP contribution in [-0.2, 0) is 6.42 Å². The molecule has 4 unspecified atom stereocenters. The van der Waals surface area contributed by atoms with E-state index in [1.54, 1.807) is 11.1 Å². The van der Waals surface area contributed by atoms with E-state index in [0.717, 1.165) is 30.3 Å². The van der Waals surface area contributed by atoms with Gasteiger partial charge in [-0.05, 0) is 54.7 Å². The van der Waals surface area contributed by atoms with Gasteiger partial charge >= 0.3 is 0 Å². The van der Waals surface area contributed by atoms with E-state index in [2.05, 4.69) is 43.4 Å². The standard InChI is InChI=1S/C18H27N/c1-3-19-18(16-10-6-7-13(16)2)12-15-11-14-8-4-5-9-17(14)15/h4-5,8-9,13,15-16,18-19H,3,6-7,10-12H2,1-2H3. The molecule has 3 rings (SSSR count). The lowest BCUT2D eigenvalue weighted by molar-refractivity contribution is 0.268. The minimum atomic E-state index is 0.737. The van der Waals surface area contributed by atoms with Gasteiger partial charge < -0.3 is 5.32 Å². The molecule has 1 heteroatoms. The molecule has 1 nitrogen and oxygen atoms in total. The highest BCUT2D eigenvalue weighted by molar-refractivity contribution is 5.40. The third-order valence-electron chi connectivity index (χ3n) is 5.41. The van der Waals surface area contributed by atoms with Crippen molar-refractivity contribution >= 4 is 0 Å². The van der Waals surface area contributed by atoms with Crippen molar-refractivity contribution in [2.75, 3.05) is 6.54 Å². The summed E-state index contributed by atoms with van der Waals surface area (Å²) in [4.78, 5) is 0. The van der Waals surface area contributed by atoms with Crippen molar-refractivity contribution in [1.29, 1.82) is 0 Å². The molecule has 1 saturated carbocycles. The molecule has 0 spiro atoms. The maximum atomic E-state index is 3.78. The van der Waals surface area contributed by atoms with Crippen LogP contribution in [0, 0.1) is 11.8 Å². The lowest BCUT2D eigenvalue weighted by Crippen LogP contribution is -2.40. The summed E-state index contributed by atoms with van der Waals surface area (Å²) in [5, 5.41) is 3.78. The van der Waals surface area contributed by atoms with Gasteiger partial charge in [0.2, 0.25) is 0 Å². The van der Waals surface area contributed by atoms with E-state index in [1.165, 1.54) is 32.1 Å². The number of benzene rings is 1. The fraction of sp³-hybridized carbons (Fsp3) is 0.667. The molecule has 0 saturated heterocycles. The van der Waals surface area contributed by atoms with Crippen LogP contribution in [0.1, 0.15) is 56.6 Å². The molecule has 1 fully saturated rings. The Labute approximate surface area is 117 Å². The number of nitrogens with one attached hydrogen (secondary N) is 1. The summed E-state index contributed by atoms with van der Waals surface area (Å²) in [7, 11) is 0. The lowest BCUT2D eigenvalue weighted by Gasteiger charge is -2.36. The normalized spacial score (nSPS) is 30.7. The van der Waals surface area contributed by atoms with Gasteiger partial charge in [-0.2, -0.15) is 0 Å². The molecule has 0 aromatic heterocycles. The van der Waals surface area contributed by atoms with Crippen molar-refractivity contribution in [2.24, 2.45) is 11.8 Å². The van der Waals surface area contributed by atoms with E-state index >= 15 is 0 Å². The highest BCUT2D eigenvalue weighted by atomic mass is 14.9. The van der Waals surface area contributed by atoms with Crippen molar-refractivity contribution in [3.63, 3.8) is 0 Å². The molecular formula is C18H27N. The highest BCUT2D eigenvalue weighted by Crippen LogP contribution is 2.42. The van der Waals surface area contributed by atoms with Crippen molar-refractivity contribution in [2.45, 2.75) is 57.9 Å². The Hall–Kier alpha value is -0.820. The molecule has 19 heavy (non-hydrogen) atoms. The van der Waals surface area contributed by atoms with Crippen molar-refractivity contribution in [3.8, 4) is 0 Å². The molecule has 1 aromatic rings. The van der Waals surface area contributed by atoms with Crippen molar-refractivity contribution in [1.82, 2.24) is 5.32 Å². The van der Waals surface area contributed by atoms with E-state index in [9.17, 15) is 0 Å². The summed E-state index contributed by atoms with van der Waals surface area (Å²) in [6.07, 6.45) is 6.97. The van der Waals surface area contributed by atoms with Crippen LogP contribution in [0.4, 0.5) is 0 Å². The zero-order valence-electron chi connectivity index (χ0n) is 12.4. The number of hydrogen-bond donors (Lipinski definition) is 1. The molecular weight excluding hydrogens is 230 g/mol. The van der Waals surface area contributed by atoms with Crippen molar-refractivity contribution < 1.29 is 0 Å². The summed E-state index contributed by atoms with van der Waals surface area (Å²) in [6.45, 7) is 5.82. The van der Waals surface area contributed by atoms with Gasteiger partial charge in [-0.25, -0.2) is 0 Å². The Kier molecular flexibility index (Phi) is 3.93. The third-order valence-corrected chi connectivity index (χ3v) is 5.41. The second-order valence-corrected chi connectivity index (χ2v) is 6.57. The van der Waals surface area contributed by atoms with Gasteiger partial charge in [-0.15, -0.1) is 0 Å². The molecule has 0 bridgehead atoms. The predicted octanol–water partition coefficient (Wildman–Crippen LogP) is 4.13. The van der Waals surface area contributed by atoms with Crippen LogP contribution in [0.5, 0.6) is 0 Å². The molecule has 104 valence electrons. The number of rotatable bonds is 5. The summed E-state index contributed by atoms with van der Waals surface area (Å²) in [5.74, 6) is 2.64. The van der Waals surface area contributed by atoms with E-state index in [0.29, 0.717) is 0 Å². The first-order chi connectivity index (χ1) is 9.29. The molecule has 0 heterocycles. The first kappa shape index (κ1) is 13.2. The molecule has 4 atom stereocenters. The number of fused-ring (bicyclic) bond motifs is 1. The Morgan fingerprint density at radius 2 is 2.11 bits per heavy atom. The first-order valence-corrected chi connectivity index (χ1v) is 8.10. The fourth-order valence-electron chi connectivity index (χ4n) is 4.32. The molecule has 0 aliphatic heterocycles. The van der Waals surface area contributed by atoms with Crippen LogP contribution < -0.4 is 5.32 Å². The second kappa shape index (κ2) is 5.66. The average Bonchev–Trinajstić information content (AvgIpc) is 2.81. The zero-order valence-corrected chi connectivity index (χ0v) is 12.4. The van der Waals surface area contributed by atoms with Gasteiger partial charge in [0.15, 0.2) is 0 Å². The lowest BCUT2D eigenvalue weighted by atomic mass is 9.72.